The molecule has 0 radical (unpaired) electrons. The van der Waals surface area contributed by atoms with Gasteiger partial charge in [-0.05, 0) is 61.2 Å². The van der Waals surface area contributed by atoms with Gasteiger partial charge >= 0.3 is 0 Å². The molecule has 4 nitrogen and oxygen atoms in total. The molecular weight excluding hydrogens is 391 g/mol. The third-order valence-electron chi connectivity index (χ3n) is 6.98. The first-order chi connectivity index (χ1) is 14.0. The molecule has 3 atom stereocenters. The molecule has 0 aromatic heterocycles. The molecular formula is C23H24ClFN2O2. The van der Waals surface area contributed by atoms with E-state index in [1.54, 1.807) is 13.2 Å². The second-order valence-corrected chi connectivity index (χ2v) is 8.78. The van der Waals surface area contributed by atoms with Crippen molar-refractivity contribution in [2.75, 3.05) is 20.2 Å². The van der Waals surface area contributed by atoms with E-state index in [1.807, 2.05) is 29.2 Å². The predicted octanol–water partition coefficient (Wildman–Crippen LogP) is 4.43. The third-order valence-corrected chi connectivity index (χ3v) is 7.31. The van der Waals surface area contributed by atoms with Crippen molar-refractivity contribution < 1.29 is 13.9 Å². The monoisotopic (exact) mass is 414 g/mol. The molecule has 6 heteroatoms. The summed E-state index contributed by atoms with van der Waals surface area (Å²) in [5.41, 5.74) is 1.63. The van der Waals surface area contributed by atoms with E-state index in [0.717, 1.165) is 49.2 Å². The van der Waals surface area contributed by atoms with Crippen LogP contribution in [0.15, 0.2) is 42.5 Å². The number of hydrogen-bond acceptors (Lipinski definition) is 3. The first-order valence-electron chi connectivity index (χ1n) is 10.2. The van der Waals surface area contributed by atoms with E-state index in [1.165, 1.54) is 12.1 Å². The number of carbonyl (C=O) groups is 1. The van der Waals surface area contributed by atoms with Gasteiger partial charge in [0, 0.05) is 30.1 Å². The summed E-state index contributed by atoms with van der Waals surface area (Å²) < 4.78 is 18.8. The van der Waals surface area contributed by atoms with Gasteiger partial charge in [0.15, 0.2) is 0 Å². The van der Waals surface area contributed by atoms with Crippen LogP contribution in [0, 0.1) is 11.7 Å². The van der Waals surface area contributed by atoms with Crippen LogP contribution in [-0.2, 0) is 11.3 Å². The maximum atomic E-state index is 13.6. The molecule has 2 aromatic carbocycles. The van der Waals surface area contributed by atoms with Crippen molar-refractivity contribution in [1.29, 1.82) is 0 Å². The van der Waals surface area contributed by atoms with Crippen LogP contribution in [0.2, 0.25) is 5.02 Å². The Morgan fingerprint density at radius 3 is 2.76 bits per heavy atom. The smallest absolute Gasteiger partial charge is 0.243 e. The Bertz CT molecular complexity index is 950. The molecule has 0 aliphatic carbocycles. The zero-order valence-corrected chi connectivity index (χ0v) is 17.2. The molecule has 1 amide bonds. The minimum absolute atomic E-state index is 0.0858. The summed E-state index contributed by atoms with van der Waals surface area (Å²) >= 11 is 6.38. The van der Waals surface area contributed by atoms with E-state index in [2.05, 4.69) is 4.90 Å². The molecule has 3 aliphatic heterocycles. The van der Waals surface area contributed by atoms with Gasteiger partial charge in [0.1, 0.15) is 17.1 Å². The van der Waals surface area contributed by atoms with Gasteiger partial charge in [-0.2, -0.15) is 0 Å². The summed E-state index contributed by atoms with van der Waals surface area (Å²) in [5, 5.41) is 0.458. The highest BCUT2D eigenvalue weighted by Crippen LogP contribution is 2.56. The number of methoxy groups -OCH3 is 1. The Labute approximate surface area is 175 Å². The van der Waals surface area contributed by atoms with Crippen LogP contribution in [0.4, 0.5) is 4.39 Å². The fourth-order valence-corrected chi connectivity index (χ4v) is 6.03. The zero-order chi connectivity index (χ0) is 20.2. The number of amides is 1. The second kappa shape index (κ2) is 6.99. The molecule has 29 heavy (non-hydrogen) atoms. The molecule has 3 heterocycles. The topological polar surface area (TPSA) is 32.8 Å². The van der Waals surface area contributed by atoms with Crippen LogP contribution >= 0.6 is 11.6 Å². The van der Waals surface area contributed by atoms with Gasteiger partial charge in [0.2, 0.25) is 5.91 Å². The Balaban J connectivity index is 1.40. The number of rotatable bonds is 4. The summed E-state index contributed by atoms with van der Waals surface area (Å²) in [6, 6.07) is 12.6. The molecule has 0 bridgehead atoms. The fraction of sp³-hybridized carbons (Fsp3) is 0.435. The van der Waals surface area contributed by atoms with Gasteiger partial charge in [0.25, 0.3) is 0 Å². The van der Waals surface area contributed by atoms with E-state index >= 15 is 0 Å². The van der Waals surface area contributed by atoms with Crippen molar-refractivity contribution in [2.45, 2.75) is 37.4 Å². The lowest BCUT2D eigenvalue weighted by Gasteiger charge is -2.34. The van der Waals surface area contributed by atoms with Gasteiger partial charge in [-0.25, -0.2) is 4.39 Å². The maximum absolute atomic E-state index is 13.6. The summed E-state index contributed by atoms with van der Waals surface area (Å²) in [4.78, 5) is 18.0. The van der Waals surface area contributed by atoms with Crippen molar-refractivity contribution in [3.63, 3.8) is 0 Å². The Morgan fingerprint density at radius 2 is 2.03 bits per heavy atom. The van der Waals surface area contributed by atoms with Gasteiger partial charge in [0.05, 0.1) is 7.11 Å². The number of likely N-dealkylation sites (tertiary alicyclic amines) is 1. The molecule has 0 saturated carbocycles. The van der Waals surface area contributed by atoms with E-state index in [-0.39, 0.29) is 23.7 Å². The molecule has 3 saturated heterocycles. The number of nitrogens with zero attached hydrogens (tertiary/aromatic N) is 2. The minimum atomic E-state index is -0.422. The Kier molecular flexibility index (Phi) is 4.56. The van der Waals surface area contributed by atoms with Crippen molar-refractivity contribution in [3.05, 3.63) is 64.4 Å². The molecule has 0 unspecified atom stereocenters. The molecule has 0 N–H and O–H groups in total. The lowest BCUT2D eigenvalue weighted by molar-refractivity contribution is -0.137. The van der Waals surface area contributed by atoms with Gasteiger partial charge in [-0.1, -0.05) is 29.8 Å². The van der Waals surface area contributed by atoms with Crippen molar-refractivity contribution in [3.8, 4) is 5.75 Å². The van der Waals surface area contributed by atoms with Crippen LogP contribution in [0.25, 0.3) is 0 Å². The fourth-order valence-electron chi connectivity index (χ4n) is 5.73. The van der Waals surface area contributed by atoms with Crippen molar-refractivity contribution >= 4 is 17.5 Å². The molecule has 3 fully saturated rings. The molecule has 2 aromatic rings. The van der Waals surface area contributed by atoms with Crippen LogP contribution in [0.1, 0.15) is 36.4 Å². The minimum Gasteiger partial charge on any atom is -0.497 e. The number of carbonyl (C=O) groups excluding carboxylic acids is 1. The standard InChI is InChI=1S/C23H24ClFN2O2/c1-29-18-6-3-15(4-7-18)13-26-14-16-11-21(19-8-5-17(25)12-20(19)24)27-10-2-9-23(16,27)22(26)28/h3-8,12,16,21H,2,9-11,13-14H2,1H3/t16-,21-,23-/m0/s1. The summed E-state index contributed by atoms with van der Waals surface area (Å²) in [6.45, 7) is 2.27. The largest absolute Gasteiger partial charge is 0.497 e. The molecule has 5 rings (SSSR count). The van der Waals surface area contributed by atoms with Crippen LogP contribution in [0.5, 0.6) is 5.75 Å². The van der Waals surface area contributed by atoms with E-state index in [9.17, 15) is 9.18 Å². The Morgan fingerprint density at radius 1 is 1.24 bits per heavy atom. The van der Waals surface area contributed by atoms with Crippen LogP contribution < -0.4 is 4.74 Å². The second-order valence-electron chi connectivity index (χ2n) is 8.37. The van der Waals surface area contributed by atoms with Crippen molar-refractivity contribution in [1.82, 2.24) is 9.80 Å². The Hall–Kier alpha value is -2.11. The predicted molar refractivity (Wildman–Crippen MR) is 109 cm³/mol. The summed E-state index contributed by atoms with van der Waals surface area (Å²) in [7, 11) is 1.65. The highest BCUT2D eigenvalue weighted by atomic mass is 35.5. The first kappa shape index (κ1) is 18.9. The van der Waals surface area contributed by atoms with Crippen LogP contribution in [-0.4, -0.2) is 41.4 Å². The normalized spacial score (nSPS) is 28.7. The van der Waals surface area contributed by atoms with Crippen molar-refractivity contribution in [2.24, 2.45) is 5.92 Å². The zero-order valence-electron chi connectivity index (χ0n) is 16.4. The molecule has 1 spiro atoms. The number of halogens is 2. The van der Waals surface area contributed by atoms with Gasteiger partial charge < -0.3 is 9.64 Å². The third kappa shape index (κ3) is 2.86. The summed E-state index contributed by atoms with van der Waals surface area (Å²) in [6.07, 6.45) is 2.79. The quantitative estimate of drug-likeness (QED) is 0.742. The maximum Gasteiger partial charge on any atom is 0.243 e. The first-order valence-corrected chi connectivity index (χ1v) is 10.5. The number of hydrogen-bond donors (Lipinski definition) is 0. The number of benzene rings is 2. The SMILES string of the molecule is COc1ccc(CN2C[C@@H]3C[C@@H](c4ccc(F)cc4Cl)N4CCC[C@@]34C2=O)cc1. The van der Waals surface area contributed by atoms with E-state index < -0.39 is 5.54 Å². The molecule has 152 valence electrons. The van der Waals surface area contributed by atoms with E-state index in [4.69, 9.17) is 16.3 Å². The van der Waals surface area contributed by atoms with E-state index in [0.29, 0.717) is 11.6 Å². The van der Waals surface area contributed by atoms with Gasteiger partial charge in [-0.15, -0.1) is 0 Å². The molecule has 3 aliphatic rings. The lowest BCUT2D eigenvalue weighted by atomic mass is 9.85. The number of ether oxygens (including phenoxy) is 1. The highest BCUT2D eigenvalue weighted by Gasteiger charge is 2.65. The van der Waals surface area contributed by atoms with Crippen LogP contribution in [0.3, 0.4) is 0 Å². The van der Waals surface area contributed by atoms with Gasteiger partial charge in [-0.3, -0.25) is 9.69 Å². The summed E-state index contributed by atoms with van der Waals surface area (Å²) in [5.74, 6) is 1.01. The lowest BCUT2D eigenvalue weighted by Crippen LogP contribution is -2.49. The average Bonchev–Trinajstić information content (AvgIpc) is 3.34. The highest BCUT2D eigenvalue weighted by molar-refractivity contribution is 6.31. The average molecular weight is 415 g/mol.